The van der Waals surface area contributed by atoms with Crippen LogP contribution in [-0.2, 0) is 11.5 Å². The lowest BCUT2D eigenvalue weighted by Crippen LogP contribution is -2.22. The summed E-state index contributed by atoms with van der Waals surface area (Å²) in [7, 11) is -1.10. The number of hydrogen-bond acceptors (Lipinski definition) is 4. The Morgan fingerprint density at radius 3 is 2.81 bits per heavy atom. The van der Waals surface area contributed by atoms with E-state index in [1.165, 1.54) is 11.0 Å². The predicted octanol–water partition coefficient (Wildman–Crippen LogP) is 1.29. The van der Waals surface area contributed by atoms with Gasteiger partial charge in [0.15, 0.2) is 0 Å². The van der Waals surface area contributed by atoms with Gasteiger partial charge in [-0.1, -0.05) is 19.6 Å². The summed E-state index contributed by atoms with van der Waals surface area (Å²) in [5.41, 5.74) is 0. The van der Waals surface area contributed by atoms with Crippen LogP contribution in [0.2, 0.25) is 25.7 Å². The van der Waals surface area contributed by atoms with E-state index in [2.05, 4.69) is 29.7 Å². The van der Waals surface area contributed by atoms with Crippen molar-refractivity contribution in [2.24, 2.45) is 0 Å². The van der Waals surface area contributed by atoms with Gasteiger partial charge in [-0.2, -0.15) is 5.10 Å². The highest BCUT2D eigenvalue weighted by atomic mass is 28.3. The number of hydrogen-bond donors (Lipinski definition) is 1. The van der Waals surface area contributed by atoms with Crippen LogP contribution in [0, 0.1) is 0 Å². The summed E-state index contributed by atoms with van der Waals surface area (Å²) in [6.07, 6.45) is 1.21. The Morgan fingerprint density at radius 1 is 1.56 bits per heavy atom. The molecule has 16 heavy (non-hydrogen) atoms. The van der Waals surface area contributed by atoms with E-state index >= 15 is 0 Å². The van der Waals surface area contributed by atoms with E-state index in [9.17, 15) is 4.79 Å². The van der Waals surface area contributed by atoms with Crippen LogP contribution in [0.4, 0.5) is 0 Å². The number of nitrogens with zero attached hydrogens (tertiary/aromatic N) is 3. The number of aromatic nitrogens is 3. The molecule has 90 valence electrons. The molecule has 0 saturated heterocycles. The van der Waals surface area contributed by atoms with E-state index in [0.717, 1.165) is 6.04 Å². The molecule has 0 fully saturated rings. The zero-order chi connectivity index (χ0) is 12.2. The normalized spacial score (nSPS) is 11.7. The van der Waals surface area contributed by atoms with Gasteiger partial charge < -0.3 is 9.84 Å². The first-order valence-electron chi connectivity index (χ1n) is 5.09. The number of aromatic carboxylic acids is 1. The summed E-state index contributed by atoms with van der Waals surface area (Å²) in [5, 5.41) is 12.6. The molecule has 0 aliphatic rings. The van der Waals surface area contributed by atoms with Crippen molar-refractivity contribution >= 4 is 14.0 Å². The van der Waals surface area contributed by atoms with Gasteiger partial charge in [0.1, 0.15) is 13.1 Å². The van der Waals surface area contributed by atoms with E-state index in [1.54, 1.807) is 0 Å². The highest BCUT2D eigenvalue weighted by Gasteiger charge is 2.14. The lowest BCUT2D eigenvalue weighted by atomic mass is 10.6. The topological polar surface area (TPSA) is 77.2 Å². The maximum Gasteiger partial charge on any atom is 0.373 e. The lowest BCUT2D eigenvalue weighted by molar-refractivity contribution is 0.0582. The van der Waals surface area contributed by atoms with E-state index in [4.69, 9.17) is 9.84 Å². The van der Waals surface area contributed by atoms with Gasteiger partial charge in [-0.05, 0) is 6.04 Å². The second-order valence-corrected chi connectivity index (χ2v) is 10.4. The fourth-order valence-electron chi connectivity index (χ4n) is 1.05. The second-order valence-electron chi connectivity index (χ2n) is 4.74. The zero-order valence-corrected chi connectivity index (χ0v) is 10.8. The molecular formula is C9H17N3O3Si. The van der Waals surface area contributed by atoms with Crippen LogP contribution in [0.15, 0.2) is 6.33 Å². The van der Waals surface area contributed by atoms with Crippen molar-refractivity contribution in [1.82, 2.24) is 14.8 Å². The minimum absolute atomic E-state index is 0.0898. The van der Waals surface area contributed by atoms with Crippen molar-refractivity contribution in [3.63, 3.8) is 0 Å². The number of carboxylic acids is 1. The Kier molecular flexibility index (Phi) is 4.19. The number of ether oxygens (including phenoxy) is 1. The third-order valence-corrected chi connectivity index (χ3v) is 3.72. The Labute approximate surface area is 95.3 Å². The Morgan fingerprint density at radius 2 is 2.25 bits per heavy atom. The summed E-state index contributed by atoms with van der Waals surface area (Å²) in [6.45, 7) is 7.55. The molecule has 0 radical (unpaired) electrons. The zero-order valence-electron chi connectivity index (χ0n) is 9.80. The standard InChI is InChI=1S/C9H17N3O3Si/c1-16(2,3)5-4-15-7-12-8(9(13)14)10-6-11-12/h6H,4-5,7H2,1-3H3,(H,13,14). The average Bonchev–Trinajstić information content (AvgIpc) is 2.58. The quantitative estimate of drug-likeness (QED) is 0.601. The summed E-state index contributed by atoms with van der Waals surface area (Å²) in [4.78, 5) is 14.3. The third kappa shape index (κ3) is 4.11. The van der Waals surface area contributed by atoms with Crippen molar-refractivity contribution in [3.8, 4) is 0 Å². The van der Waals surface area contributed by atoms with Crippen molar-refractivity contribution in [2.45, 2.75) is 32.4 Å². The minimum Gasteiger partial charge on any atom is -0.475 e. The van der Waals surface area contributed by atoms with Crippen LogP contribution >= 0.6 is 0 Å². The second kappa shape index (κ2) is 5.22. The third-order valence-electron chi connectivity index (χ3n) is 2.02. The molecule has 1 aromatic rings. The number of rotatable bonds is 6. The molecule has 1 aromatic heterocycles. The molecule has 0 bridgehead atoms. The van der Waals surface area contributed by atoms with E-state index in [-0.39, 0.29) is 12.6 Å². The fourth-order valence-corrected chi connectivity index (χ4v) is 1.81. The SMILES string of the molecule is C[Si](C)(C)CCOCn1ncnc1C(=O)O. The molecule has 7 heteroatoms. The average molecular weight is 243 g/mol. The van der Waals surface area contributed by atoms with E-state index in [1.807, 2.05) is 0 Å². The van der Waals surface area contributed by atoms with Gasteiger partial charge in [-0.3, -0.25) is 0 Å². The van der Waals surface area contributed by atoms with Crippen LogP contribution in [0.25, 0.3) is 0 Å². The van der Waals surface area contributed by atoms with Crippen LogP contribution in [0.3, 0.4) is 0 Å². The van der Waals surface area contributed by atoms with Crippen LogP contribution in [0.5, 0.6) is 0 Å². The maximum atomic E-state index is 10.7. The molecule has 0 saturated carbocycles. The summed E-state index contributed by atoms with van der Waals surface area (Å²) >= 11 is 0. The van der Waals surface area contributed by atoms with Crippen molar-refractivity contribution < 1.29 is 14.6 Å². The summed E-state index contributed by atoms with van der Waals surface area (Å²) in [5.74, 6) is -1.18. The first-order chi connectivity index (χ1) is 7.40. The van der Waals surface area contributed by atoms with Gasteiger partial charge in [0.25, 0.3) is 0 Å². The fraction of sp³-hybridized carbons (Fsp3) is 0.667. The Bertz CT molecular complexity index is 359. The predicted molar refractivity (Wildman–Crippen MR) is 61.1 cm³/mol. The van der Waals surface area contributed by atoms with Gasteiger partial charge >= 0.3 is 5.97 Å². The smallest absolute Gasteiger partial charge is 0.373 e. The van der Waals surface area contributed by atoms with Crippen molar-refractivity contribution in [2.75, 3.05) is 6.61 Å². The van der Waals surface area contributed by atoms with Crippen LogP contribution in [-0.4, -0.2) is 40.5 Å². The van der Waals surface area contributed by atoms with E-state index in [0.29, 0.717) is 6.61 Å². The molecule has 1 N–H and O–H groups in total. The highest BCUT2D eigenvalue weighted by Crippen LogP contribution is 2.07. The van der Waals surface area contributed by atoms with Gasteiger partial charge in [0, 0.05) is 14.7 Å². The molecule has 6 nitrogen and oxygen atoms in total. The Hall–Kier alpha value is -1.21. The van der Waals surface area contributed by atoms with Gasteiger partial charge in [-0.15, -0.1) is 0 Å². The Balaban J connectivity index is 2.38. The summed E-state index contributed by atoms with van der Waals surface area (Å²) in [6, 6.07) is 1.05. The van der Waals surface area contributed by atoms with Crippen LogP contribution in [0.1, 0.15) is 10.6 Å². The lowest BCUT2D eigenvalue weighted by Gasteiger charge is -2.15. The molecule has 0 unspecified atom stereocenters. The van der Waals surface area contributed by atoms with Crippen molar-refractivity contribution in [3.05, 3.63) is 12.2 Å². The molecule has 0 atom stereocenters. The highest BCUT2D eigenvalue weighted by molar-refractivity contribution is 6.76. The molecule has 0 aliphatic carbocycles. The van der Waals surface area contributed by atoms with E-state index < -0.39 is 14.0 Å². The number of carboxylic acid groups (broad SMARTS) is 1. The number of carbonyl (C=O) groups is 1. The molecule has 1 rings (SSSR count). The first-order valence-corrected chi connectivity index (χ1v) is 8.80. The van der Waals surface area contributed by atoms with Crippen molar-refractivity contribution in [1.29, 1.82) is 0 Å². The maximum absolute atomic E-state index is 10.7. The molecule has 0 spiro atoms. The summed E-state index contributed by atoms with van der Waals surface area (Å²) < 4.78 is 6.62. The molecule has 0 aliphatic heterocycles. The van der Waals surface area contributed by atoms with Gasteiger partial charge in [-0.25, -0.2) is 14.5 Å². The van der Waals surface area contributed by atoms with Gasteiger partial charge in [0.05, 0.1) is 0 Å². The molecule has 0 aromatic carbocycles. The minimum atomic E-state index is -1.10. The monoisotopic (exact) mass is 243 g/mol. The largest absolute Gasteiger partial charge is 0.475 e. The van der Waals surface area contributed by atoms with Gasteiger partial charge in [0.2, 0.25) is 5.82 Å². The molecule has 1 heterocycles. The van der Waals surface area contributed by atoms with Crippen LogP contribution < -0.4 is 0 Å². The first kappa shape index (κ1) is 12.9. The molecular weight excluding hydrogens is 226 g/mol. The molecule has 0 amide bonds.